The van der Waals surface area contributed by atoms with Crippen LogP contribution in [0.15, 0.2) is 96.2 Å². The molecule has 1 amide bonds. The molecular formula is C42H44N4O7. The molecule has 0 radical (unpaired) electrons. The van der Waals surface area contributed by atoms with E-state index in [0.29, 0.717) is 80.7 Å². The van der Waals surface area contributed by atoms with Crippen molar-refractivity contribution in [3.05, 3.63) is 113 Å². The van der Waals surface area contributed by atoms with Crippen molar-refractivity contribution >= 4 is 17.4 Å². The van der Waals surface area contributed by atoms with Gasteiger partial charge in [0, 0.05) is 55.2 Å². The Morgan fingerprint density at radius 1 is 0.887 bits per heavy atom. The van der Waals surface area contributed by atoms with Crippen LogP contribution in [-0.2, 0) is 20.8 Å². The van der Waals surface area contributed by atoms with Gasteiger partial charge < -0.3 is 39.3 Å². The fourth-order valence-electron chi connectivity index (χ4n) is 6.77. The molecule has 274 valence electrons. The van der Waals surface area contributed by atoms with E-state index in [0.717, 1.165) is 46.2 Å². The Hall–Kier alpha value is -5.49. The Labute approximate surface area is 308 Å². The number of carbonyl (C=O) groups is 1. The van der Waals surface area contributed by atoms with Gasteiger partial charge in [0.05, 0.1) is 26.9 Å². The number of ether oxygens (including phenoxy) is 5. The van der Waals surface area contributed by atoms with Gasteiger partial charge in [0.25, 0.3) is 5.91 Å². The molecule has 11 nitrogen and oxygen atoms in total. The van der Waals surface area contributed by atoms with Crippen molar-refractivity contribution in [3.63, 3.8) is 0 Å². The number of nitrogen functional groups attached to an aromatic ring is 1. The smallest absolute Gasteiger partial charge is 0.261 e. The van der Waals surface area contributed by atoms with Gasteiger partial charge in [0.15, 0.2) is 11.5 Å². The number of benzene rings is 3. The molecule has 7 rings (SSSR count). The number of nitrogens with zero attached hydrogens (tertiary/aromatic N) is 2. The molecule has 3 aromatic carbocycles. The van der Waals surface area contributed by atoms with Crippen LogP contribution in [0, 0.1) is 12.8 Å². The molecule has 2 aromatic heterocycles. The number of hydrogen-bond acceptors (Lipinski definition) is 9. The molecule has 2 aliphatic heterocycles. The van der Waals surface area contributed by atoms with Crippen molar-refractivity contribution in [3.8, 4) is 44.9 Å². The number of rotatable bonds is 11. The molecule has 11 heteroatoms. The first-order valence-electron chi connectivity index (χ1n) is 17.9. The molecule has 2 saturated heterocycles. The van der Waals surface area contributed by atoms with Crippen LogP contribution in [0.2, 0.25) is 0 Å². The molecule has 5 aromatic rings. The van der Waals surface area contributed by atoms with Crippen LogP contribution in [-0.4, -0.2) is 68.3 Å². The monoisotopic (exact) mass is 716 g/mol. The van der Waals surface area contributed by atoms with Gasteiger partial charge in [0.2, 0.25) is 5.43 Å². The molecule has 0 spiro atoms. The van der Waals surface area contributed by atoms with E-state index in [1.165, 1.54) is 0 Å². The Morgan fingerprint density at radius 3 is 2.38 bits per heavy atom. The SMILES string of the molecule is COc1cc(-c2ccnc(N)c2-c2ccc(NC(=O)c3cn(CC4CCOCC4)cc(-c4ccc(C)cc4)c3=O)cc2)ccc1OC[C@H]1COCCO1. The number of methoxy groups -OCH3 is 1. The van der Waals surface area contributed by atoms with Crippen molar-refractivity contribution in [1.82, 2.24) is 9.55 Å². The highest BCUT2D eigenvalue weighted by Gasteiger charge is 2.21. The van der Waals surface area contributed by atoms with Gasteiger partial charge in [-0.1, -0.05) is 48.0 Å². The highest BCUT2D eigenvalue weighted by Crippen LogP contribution is 2.39. The number of aromatic nitrogens is 2. The van der Waals surface area contributed by atoms with Gasteiger partial charge in [-0.3, -0.25) is 9.59 Å². The summed E-state index contributed by atoms with van der Waals surface area (Å²) in [5, 5.41) is 2.95. The van der Waals surface area contributed by atoms with Crippen molar-refractivity contribution in [2.45, 2.75) is 32.4 Å². The maximum atomic E-state index is 13.8. The predicted octanol–water partition coefficient (Wildman–Crippen LogP) is 6.62. The van der Waals surface area contributed by atoms with Crippen molar-refractivity contribution in [1.29, 1.82) is 0 Å². The lowest BCUT2D eigenvalue weighted by Crippen LogP contribution is -2.33. The van der Waals surface area contributed by atoms with Gasteiger partial charge in [-0.2, -0.15) is 0 Å². The Balaban J connectivity index is 1.13. The number of carbonyl (C=O) groups excluding carboxylic acids is 1. The third-order valence-electron chi connectivity index (χ3n) is 9.69. The number of anilines is 2. The first-order valence-corrected chi connectivity index (χ1v) is 17.9. The lowest BCUT2D eigenvalue weighted by molar-refractivity contribution is -0.101. The molecule has 0 aliphatic carbocycles. The molecule has 3 N–H and O–H groups in total. The lowest BCUT2D eigenvalue weighted by Gasteiger charge is -2.23. The highest BCUT2D eigenvalue weighted by atomic mass is 16.6. The summed E-state index contributed by atoms with van der Waals surface area (Å²) in [5.41, 5.74) is 12.4. The first kappa shape index (κ1) is 35.9. The second kappa shape index (κ2) is 16.5. The Bertz CT molecular complexity index is 2100. The van der Waals surface area contributed by atoms with Gasteiger partial charge in [-0.15, -0.1) is 0 Å². The summed E-state index contributed by atoms with van der Waals surface area (Å²) < 4.78 is 30.4. The van der Waals surface area contributed by atoms with E-state index in [1.54, 1.807) is 31.6 Å². The van der Waals surface area contributed by atoms with Crippen molar-refractivity contribution < 1.29 is 28.5 Å². The largest absolute Gasteiger partial charge is 0.493 e. The first-order chi connectivity index (χ1) is 25.9. The van der Waals surface area contributed by atoms with Gasteiger partial charge in [-0.25, -0.2) is 4.98 Å². The van der Waals surface area contributed by atoms with Crippen LogP contribution in [0.5, 0.6) is 11.5 Å². The van der Waals surface area contributed by atoms with Gasteiger partial charge in [0.1, 0.15) is 24.1 Å². The molecule has 4 heterocycles. The zero-order valence-corrected chi connectivity index (χ0v) is 30.0. The maximum absolute atomic E-state index is 13.8. The van der Waals surface area contributed by atoms with Crippen molar-refractivity contribution in [2.24, 2.45) is 5.92 Å². The van der Waals surface area contributed by atoms with Crippen LogP contribution in [0.3, 0.4) is 0 Å². The Kier molecular flexibility index (Phi) is 11.1. The third kappa shape index (κ3) is 8.44. The van der Waals surface area contributed by atoms with Crippen LogP contribution in [0.4, 0.5) is 11.5 Å². The summed E-state index contributed by atoms with van der Waals surface area (Å²) in [7, 11) is 1.60. The summed E-state index contributed by atoms with van der Waals surface area (Å²) in [4.78, 5) is 32.0. The van der Waals surface area contributed by atoms with Gasteiger partial charge in [-0.05, 0) is 78.3 Å². The minimum absolute atomic E-state index is 0.0824. The number of nitrogens with two attached hydrogens (primary N) is 1. The zero-order chi connectivity index (χ0) is 36.7. The molecule has 2 fully saturated rings. The summed E-state index contributed by atoms with van der Waals surface area (Å²) in [6, 6.07) is 22.7. The molecule has 2 aliphatic rings. The van der Waals surface area contributed by atoms with E-state index >= 15 is 0 Å². The summed E-state index contributed by atoms with van der Waals surface area (Å²) >= 11 is 0. The number of aryl methyl sites for hydroxylation is 1. The van der Waals surface area contributed by atoms with Crippen LogP contribution < -0.4 is 26.0 Å². The Morgan fingerprint density at radius 2 is 1.64 bits per heavy atom. The minimum Gasteiger partial charge on any atom is -0.493 e. The second-order valence-electron chi connectivity index (χ2n) is 13.4. The lowest BCUT2D eigenvalue weighted by atomic mass is 9.95. The van der Waals surface area contributed by atoms with E-state index in [2.05, 4.69) is 10.3 Å². The summed E-state index contributed by atoms with van der Waals surface area (Å²) in [6.45, 7) is 6.09. The number of amides is 1. The predicted molar refractivity (Wildman–Crippen MR) is 204 cm³/mol. The molecule has 0 saturated carbocycles. The summed E-state index contributed by atoms with van der Waals surface area (Å²) in [5.74, 6) is 1.43. The fourth-order valence-corrected chi connectivity index (χ4v) is 6.77. The fraction of sp³-hybridized carbons (Fsp3) is 0.310. The van der Waals surface area contributed by atoms with E-state index < -0.39 is 5.91 Å². The average molecular weight is 717 g/mol. The third-order valence-corrected chi connectivity index (χ3v) is 9.69. The second-order valence-corrected chi connectivity index (χ2v) is 13.4. The number of hydrogen-bond donors (Lipinski definition) is 2. The minimum atomic E-state index is -0.476. The van der Waals surface area contributed by atoms with Crippen LogP contribution in [0.25, 0.3) is 33.4 Å². The van der Waals surface area contributed by atoms with Crippen molar-refractivity contribution in [2.75, 3.05) is 57.8 Å². The molecule has 53 heavy (non-hydrogen) atoms. The van der Waals surface area contributed by atoms with E-state index in [9.17, 15) is 9.59 Å². The average Bonchev–Trinajstić information content (AvgIpc) is 3.19. The molecular weight excluding hydrogens is 672 g/mol. The maximum Gasteiger partial charge on any atom is 0.261 e. The quantitative estimate of drug-likeness (QED) is 0.155. The summed E-state index contributed by atoms with van der Waals surface area (Å²) in [6.07, 6.45) is 6.93. The number of nitrogens with one attached hydrogen (secondary N) is 1. The number of pyridine rings is 2. The van der Waals surface area contributed by atoms with Gasteiger partial charge >= 0.3 is 0 Å². The zero-order valence-electron chi connectivity index (χ0n) is 30.0. The molecule has 0 unspecified atom stereocenters. The van der Waals surface area contributed by atoms with E-state index in [1.807, 2.05) is 78.4 Å². The van der Waals surface area contributed by atoms with Crippen LogP contribution in [0.1, 0.15) is 28.8 Å². The normalized spacial score (nSPS) is 16.2. The topological polar surface area (TPSA) is 136 Å². The highest BCUT2D eigenvalue weighted by molar-refractivity contribution is 6.05. The van der Waals surface area contributed by atoms with E-state index in [-0.39, 0.29) is 17.1 Å². The standard InChI is InChI=1S/C42H44N4O7/c1-27-3-5-29(6-4-27)35-23-46(22-28-14-17-50-18-15-28)24-36(40(35)47)42(48)45-32-10-7-30(8-11-32)39-34(13-16-44-41(39)43)31-9-12-37(38(21-31)49-2)53-26-33-25-51-19-20-52-33/h3-13,16,21,23-24,28,33H,14-15,17-20,22,25-26H2,1-2H3,(H2,43,44)(H,45,48)/t33-/m1/s1. The van der Waals surface area contributed by atoms with Crippen LogP contribution >= 0.6 is 0 Å². The molecule has 1 atom stereocenters. The van der Waals surface area contributed by atoms with E-state index in [4.69, 9.17) is 29.4 Å². The molecule has 0 bridgehead atoms.